The zero-order chi connectivity index (χ0) is 18.5. The maximum Gasteiger partial charge on any atom is 0.300 e. The fourth-order valence-corrected chi connectivity index (χ4v) is 3.67. The van der Waals surface area contributed by atoms with Crippen LogP contribution in [0.4, 0.5) is 5.69 Å². The van der Waals surface area contributed by atoms with E-state index in [1.165, 1.54) is 11.3 Å². The molecular formula is C21H18N2O2S. The van der Waals surface area contributed by atoms with Crippen LogP contribution in [0.2, 0.25) is 0 Å². The third-order valence-corrected chi connectivity index (χ3v) is 5.46. The molecular weight excluding hydrogens is 344 g/mol. The van der Waals surface area contributed by atoms with E-state index in [9.17, 15) is 9.59 Å². The van der Waals surface area contributed by atoms with Crippen molar-refractivity contribution in [2.24, 2.45) is 5.92 Å². The predicted molar refractivity (Wildman–Crippen MR) is 103 cm³/mol. The maximum atomic E-state index is 12.2. The molecule has 1 heterocycles. The minimum Gasteiger partial charge on any atom is -0.315 e. The van der Waals surface area contributed by atoms with E-state index in [1.807, 2.05) is 31.2 Å². The van der Waals surface area contributed by atoms with Gasteiger partial charge in [-0.2, -0.15) is 5.26 Å². The standard InChI is InChI=1S/C21H18N2O2S/c1-14-2-6-16(20-10-9-18(13-22)26-20)12-19(14)23-21(25)11-5-15-3-7-17(24)8-4-15/h2,6,9-10,12,15H,3-4,7-8H2,1H3,(H,23,25). The predicted octanol–water partition coefficient (Wildman–Crippen LogP) is 4.30. The second-order valence-electron chi connectivity index (χ2n) is 6.34. The summed E-state index contributed by atoms with van der Waals surface area (Å²) in [4.78, 5) is 25.1. The lowest BCUT2D eigenvalue weighted by Crippen LogP contribution is -2.14. The van der Waals surface area contributed by atoms with Crippen LogP contribution in [0.3, 0.4) is 0 Å². The molecule has 0 saturated heterocycles. The van der Waals surface area contributed by atoms with Crippen LogP contribution in [-0.4, -0.2) is 11.7 Å². The summed E-state index contributed by atoms with van der Waals surface area (Å²) in [7, 11) is 0. The van der Waals surface area contributed by atoms with Crippen molar-refractivity contribution in [2.45, 2.75) is 32.6 Å². The second-order valence-corrected chi connectivity index (χ2v) is 7.43. The van der Waals surface area contributed by atoms with Gasteiger partial charge < -0.3 is 5.32 Å². The van der Waals surface area contributed by atoms with Crippen molar-refractivity contribution in [2.75, 3.05) is 5.32 Å². The molecule has 0 aliphatic heterocycles. The molecule has 0 unspecified atom stereocenters. The fraction of sp³-hybridized carbons (Fsp3) is 0.286. The largest absolute Gasteiger partial charge is 0.315 e. The van der Waals surface area contributed by atoms with E-state index in [2.05, 4.69) is 23.2 Å². The van der Waals surface area contributed by atoms with Gasteiger partial charge in [0.15, 0.2) is 0 Å². The van der Waals surface area contributed by atoms with Gasteiger partial charge in [0.2, 0.25) is 0 Å². The summed E-state index contributed by atoms with van der Waals surface area (Å²) in [6, 6.07) is 11.7. The zero-order valence-electron chi connectivity index (χ0n) is 14.5. The summed E-state index contributed by atoms with van der Waals surface area (Å²) in [5.41, 5.74) is 2.62. The lowest BCUT2D eigenvalue weighted by atomic mass is 9.89. The third-order valence-electron chi connectivity index (χ3n) is 4.42. The normalized spacial score (nSPS) is 14.2. The van der Waals surface area contributed by atoms with Crippen LogP contribution in [0.5, 0.6) is 0 Å². The average molecular weight is 362 g/mol. The number of thiophene rings is 1. The van der Waals surface area contributed by atoms with E-state index >= 15 is 0 Å². The van der Waals surface area contributed by atoms with Gasteiger partial charge in [-0.25, -0.2) is 0 Å². The minimum absolute atomic E-state index is 0.126. The zero-order valence-corrected chi connectivity index (χ0v) is 15.3. The van der Waals surface area contributed by atoms with Crippen molar-refractivity contribution in [3.05, 3.63) is 40.8 Å². The number of hydrogen-bond acceptors (Lipinski definition) is 4. The van der Waals surface area contributed by atoms with E-state index in [1.54, 1.807) is 6.07 Å². The Morgan fingerprint density at radius 2 is 2.00 bits per heavy atom. The van der Waals surface area contributed by atoms with Crippen LogP contribution >= 0.6 is 11.3 Å². The van der Waals surface area contributed by atoms with E-state index in [4.69, 9.17) is 5.26 Å². The van der Waals surface area contributed by atoms with Crippen molar-refractivity contribution < 1.29 is 9.59 Å². The van der Waals surface area contributed by atoms with Gasteiger partial charge >= 0.3 is 0 Å². The highest BCUT2D eigenvalue weighted by atomic mass is 32.1. The number of Topliss-reactive ketones (excluding diaryl/α,β-unsaturated/α-hetero) is 1. The van der Waals surface area contributed by atoms with Gasteiger partial charge in [0, 0.05) is 29.3 Å². The molecule has 0 radical (unpaired) electrons. The van der Waals surface area contributed by atoms with Crippen molar-refractivity contribution >= 4 is 28.7 Å². The molecule has 1 aliphatic carbocycles. The molecule has 1 aromatic heterocycles. The first-order valence-electron chi connectivity index (χ1n) is 8.50. The second kappa shape index (κ2) is 7.99. The van der Waals surface area contributed by atoms with Crippen molar-refractivity contribution in [3.63, 3.8) is 0 Å². The number of anilines is 1. The highest BCUT2D eigenvalue weighted by molar-refractivity contribution is 7.16. The summed E-state index contributed by atoms with van der Waals surface area (Å²) in [5, 5.41) is 11.8. The van der Waals surface area contributed by atoms with Gasteiger partial charge in [-0.15, -0.1) is 11.3 Å². The number of ketones is 1. The number of amides is 1. The molecule has 0 spiro atoms. The van der Waals surface area contributed by atoms with Crippen LogP contribution in [-0.2, 0) is 9.59 Å². The first kappa shape index (κ1) is 17.9. The Morgan fingerprint density at radius 1 is 1.23 bits per heavy atom. The molecule has 26 heavy (non-hydrogen) atoms. The number of nitriles is 1. The maximum absolute atomic E-state index is 12.2. The van der Waals surface area contributed by atoms with Crippen LogP contribution in [0.1, 0.15) is 36.1 Å². The van der Waals surface area contributed by atoms with Crippen LogP contribution in [0.25, 0.3) is 10.4 Å². The highest BCUT2D eigenvalue weighted by Gasteiger charge is 2.16. The van der Waals surface area contributed by atoms with Crippen LogP contribution < -0.4 is 5.32 Å². The molecule has 1 saturated carbocycles. The molecule has 2 aromatic rings. The summed E-state index contributed by atoms with van der Waals surface area (Å²) >= 11 is 1.42. The van der Waals surface area contributed by atoms with Gasteiger partial charge in [-0.3, -0.25) is 9.59 Å². The van der Waals surface area contributed by atoms with Crippen molar-refractivity contribution in [1.29, 1.82) is 5.26 Å². The van der Waals surface area contributed by atoms with E-state index in [-0.39, 0.29) is 17.6 Å². The third kappa shape index (κ3) is 4.39. The smallest absolute Gasteiger partial charge is 0.300 e. The SMILES string of the molecule is Cc1ccc(-c2ccc(C#N)s2)cc1NC(=O)C#CC1CCC(=O)CC1. The van der Waals surface area contributed by atoms with Gasteiger partial charge in [-0.1, -0.05) is 18.1 Å². The van der Waals surface area contributed by atoms with Gasteiger partial charge in [0.05, 0.1) is 0 Å². The Kier molecular flexibility index (Phi) is 5.51. The molecule has 4 nitrogen and oxygen atoms in total. The van der Waals surface area contributed by atoms with Gasteiger partial charge in [0.1, 0.15) is 16.7 Å². The highest BCUT2D eigenvalue weighted by Crippen LogP contribution is 2.31. The molecule has 0 bridgehead atoms. The lowest BCUT2D eigenvalue weighted by Gasteiger charge is -2.14. The molecule has 3 rings (SSSR count). The summed E-state index contributed by atoms with van der Waals surface area (Å²) in [6.45, 7) is 1.93. The number of carbonyl (C=O) groups excluding carboxylic acids is 2. The average Bonchev–Trinajstić information content (AvgIpc) is 3.12. The number of benzene rings is 1. The van der Waals surface area contributed by atoms with E-state index < -0.39 is 0 Å². The Morgan fingerprint density at radius 3 is 2.69 bits per heavy atom. The summed E-state index contributed by atoms with van der Waals surface area (Å²) < 4.78 is 0. The van der Waals surface area contributed by atoms with Gasteiger partial charge in [0.25, 0.3) is 5.91 Å². The molecule has 5 heteroatoms. The molecule has 1 fully saturated rings. The molecule has 1 amide bonds. The number of nitrogens with one attached hydrogen (secondary N) is 1. The fourth-order valence-electron chi connectivity index (χ4n) is 2.87. The Balaban J connectivity index is 1.71. The Hall–Kier alpha value is -2.89. The van der Waals surface area contributed by atoms with Crippen LogP contribution in [0, 0.1) is 36.0 Å². The summed E-state index contributed by atoms with van der Waals surface area (Å²) in [5.74, 6) is 5.72. The first-order valence-corrected chi connectivity index (χ1v) is 9.32. The summed E-state index contributed by atoms with van der Waals surface area (Å²) in [6.07, 6.45) is 2.61. The number of aryl methyl sites for hydroxylation is 1. The van der Waals surface area contributed by atoms with E-state index in [0.29, 0.717) is 23.4 Å². The molecule has 0 atom stereocenters. The lowest BCUT2D eigenvalue weighted by molar-refractivity contribution is -0.120. The van der Waals surface area contributed by atoms with Crippen molar-refractivity contribution in [1.82, 2.24) is 0 Å². The topological polar surface area (TPSA) is 70.0 Å². The Labute approximate surface area is 156 Å². The number of carbonyl (C=O) groups is 2. The number of hydrogen-bond donors (Lipinski definition) is 1. The quantitative estimate of drug-likeness (QED) is 0.810. The number of nitrogens with zero attached hydrogens (tertiary/aromatic N) is 1. The molecule has 1 aliphatic rings. The van der Waals surface area contributed by atoms with Crippen LogP contribution in [0.15, 0.2) is 30.3 Å². The number of rotatable bonds is 2. The monoisotopic (exact) mass is 362 g/mol. The molecule has 130 valence electrons. The molecule has 1 aromatic carbocycles. The van der Waals surface area contributed by atoms with Crippen molar-refractivity contribution in [3.8, 4) is 28.4 Å². The molecule has 1 N–H and O–H groups in total. The van der Waals surface area contributed by atoms with Gasteiger partial charge in [-0.05, 0) is 55.0 Å². The first-order chi connectivity index (χ1) is 12.5. The Bertz CT molecular complexity index is 946. The van der Waals surface area contributed by atoms with E-state index in [0.717, 1.165) is 28.8 Å². The minimum atomic E-state index is -0.342.